The van der Waals surface area contributed by atoms with Crippen LogP contribution in [0.2, 0.25) is 0 Å². The highest BCUT2D eigenvalue weighted by Gasteiger charge is 2.43. The SMILES string of the molecule is CC1CCCC(C)[N+]12CCCC2.[Br-]. The molecule has 0 saturated carbocycles. The van der Waals surface area contributed by atoms with Crippen molar-refractivity contribution in [3.05, 3.63) is 0 Å². The van der Waals surface area contributed by atoms with Gasteiger partial charge in [0.2, 0.25) is 0 Å². The fourth-order valence-electron chi connectivity index (χ4n) is 3.46. The summed E-state index contributed by atoms with van der Waals surface area (Å²) >= 11 is 0. The van der Waals surface area contributed by atoms with E-state index in [2.05, 4.69) is 13.8 Å². The maximum absolute atomic E-state index is 2.47. The molecule has 2 rings (SSSR count). The summed E-state index contributed by atoms with van der Waals surface area (Å²) in [6, 6.07) is 1.91. The molecule has 0 bridgehead atoms. The van der Waals surface area contributed by atoms with Gasteiger partial charge in [-0.05, 0) is 33.1 Å². The van der Waals surface area contributed by atoms with Crippen molar-refractivity contribution >= 4 is 0 Å². The predicted molar refractivity (Wildman–Crippen MR) is 52.0 cm³/mol. The van der Waals surface area contributed by atoms with Crippen LogP contribution in [-0.4, -0.2) is 29.7 Å². The first-order valence-electron chi connectivity index (χ1n) is 5.62. The van der Waals surface area contributed by atoms with E-state index < -0.39 is 0 Å². The van der Waals surface area contributed by atoms with Crippen molar-refractivity contribution in [2.24, 2.45) is 0 Å². The maximum Gasteiger partial charge on any atom is 0.0863 e. The molecule has 2 fully saturated rings. The minimum absolute atomic E-state index is 0. The Balaban J connectivity index is 0.000000845. The molecule has 0 aliphatic carbocycles. The van der Waals surface area contributed by atoms with E-state index in [-0.39, 0.29) is 17.0 Å². The number of piperidine rings is 1. The largest absolute Gasteiger partial charge is 1.00 e. The van der Waals surface area contributed by atoms with Crippen LogP contribution in [0.25, 0.3) is 0 Å². The molecular weight excluding hydrogens is 226 g/mol. The predicted octanol–water partition coefficient (Wildman–Crippen LogP) is -0.438. The van der Waals surface area contributed by atoms with Crippen molar-refractivity contribution in [2.45, 2.75) is 58.0 Å². The zero-order valence-corrected chi connectivity index (χ0v) is 10.5. The second-order valence-electron chi connectivity index (χ2n) is 4.89. The van der Waals surface area contributed by atoms with Gasteiger partial charge < -0.3 is 21.5 Å². The van der Waals surface area contributed by atoms with E-state index >= 15 is 0 Å². The fraction of sp³-hybridized carbons (Fsp3) is 1.00. The monoisotopic (exact) mass is 247 g/mol. The van der Waals surface area contributed by atoms with Crippen LogP contribution in [0.1, 0.15) is 46.0 Å². The zero-order chi connectivity index (χ0) is 8.60. The Morgan fingerprint density at radius 3 is 1.77 bits per heavy atom. The van der Waals surface area contributed by atoms with E-state index in [0.29, 0.717) is 0 Å². The van der Waals surface area contributed by atoms with Gasteiger partial charge in [0.1, 0.15) is 0 Å². The van der Waals surface area contributed by atoms with E-state index in [1.165, 1.54) is 49.7 Å². The summed E-state index contributed by atoms with van der Waals surface area (Å²) in [5.41, 5.74) is 0. The van der Waals surface area contributed by atoms with Gasteiger partial charge >= 0.3 is 0 Å². The molecule has 2 aliphatic heterocycles. The maximum atomic E-state index is 2.47. The molecule has 2 unspecified atom stereocenters. The van der Waals surface area contributed by atoms with Crippen LogP contribution < -0.4 is 17.0 Å². The Hall–Kier alpha value is 0.440. The topological polar surface area (TPSA) is 0 Å². The average Bonchev–Trinajstić information content (AvgIpc) is 2.50. The molecule has 0 aromatic carbocycles. The van der Waals surface area contributed by atoms with Gasteiger partial charge in [0.25, 0.3) is 0 Å². The molecule has 13 heavy (non-hydrogen) atoms. The van der Waals surface area contributed by atoms with Gasteiger partial charge in [-0.25, -0.2) is 0 Å². The first-order valence-corrected chi connectivity index (χ1v) is 5.62. The van der Waals surface area contributed by atoms with E-state index in [1.807, 2.05) is 0 Å². The summed E-state index contributed by atoms with van der Waals surface area (Å²) in [5, 5.41) is 0. The first kappa shape index (κ1) is 11.5. The van der Waals surface area contributed by atoms with Crippen molar-refractivity contribution < 1.29 is 21.5 Å². The smallest absolute Gasteiger partial charge is 0.0863 e. The van der Waals surface area contributed by atoms with Gasteiger partial charge in [0, 0.05) is 12.8 Å². The molecule has 0 aromatic heterocycles. The summed E-state index contributed by atoms with van der Waals surface area (Å²) in [4.78, 5) is 0. The lowest BCUT2D eigenvalue weighted by molar-refractivity contribution is -0.964. The Bertz CT molecular complexity index is 151. The van der Waals surface area contributed by atoms with Crippen LogP contribution in [0.3, 0.4) is 0 Å². The third kappa shape index (κ3) is 1.80. The molecule has 1 nitrogen and oxygen atoms in total. The number of hydrogen-bond acceptors (Lipinski definition) is 0. The summed E-state index contributed by atoms with van der Waals surface area (Å²) in [7, 11) is 0. The Morgan fingerprint density at radius 1 is 0.846 bits per heavy atom. The molecular formula is C11H22BrN. The van der Waals surface area contributed by atoms with Crippen molar-refractivity contribution in [1.29, 1.82) is 0 Å². The normalized spacial score (nSPS) is 37.4. The Morgan fingerprint density at radius 2 is 1.31 bits per heavy atom. The average molecular weight is 248 g/mol. The molecule has 2 saturated heterocycles. The van der Waals surface area contributed by atoms with Crippen molar-refractivity contribution in [3.8, 4) is 0 Å². The number of rotatable bonds is 0. The quantitative estimate of drug-likeness (QED) is 0.510. The minimum atomic E-state index is 0. The molecule has 2 heterocycles. The van der Waals surface area contributed by atoms with Crippen LogP contribution >= 0.6 is 0 Å². The van der Waals surface area contributed by atoms with E-state index in [4.69, 9.17) is 0 Å². The molecule has 2 atom stereocenters. The Kier molecular flexibility index (Phi) is 3.82. The fourth-order valence-corrected chi connectivity index (χ4v) is 3.46. The van der Waals surface area contributed by atoms with Crippen LogP contribution in [0.15, 0.2) is 0 Å². The van der Waals surface area contributed by atoms with Crippen molar-refractivity contribution in [1.82, 2.24) is 0 Å². The lowest BCUT2D eigenvalue weighted by Gasteiger charge is -2.48. The first-order chi connectivity index (χ1) is 5.76. The second kappa shape index (κ2) is 4.31. The third-order valence-electron chi connectivity index (χ3n) is 4.40. The van der Waals surface area contributed by atoms with Crippen LogP contribution in [0, 0.1) is 0 Å². The molecule has 2 heteroatoms. The zero-order valence-electron chi connectivity index (χ0n) is 8.93. The van der Waals surface area contributed by atoms with Crippen LogP contribution in [-0.2, 0) is 0 Å². The Labute approximate surface area is 92.9 Å². The van der Waals surface area contributed by atoms with Gasteiger partial charge in [-0.1, -0.05) is 0 Å². The highest BCUT2D eigenvalue weighted by molar-refractivity contribution is 4.71. The summed E-state index contributed by atoms with van der Waals surface area (Å²) in [6.07, 6.45) is 7.39. The van der Waals surface area contributed by atoms with Gasteiger partial charge in [-0.2, -0.15) is 0 Å². The van der Waals surface area contributed by atoms with E-state index in [9.17, 15) is 0 Å². The number of halogens is 1. The number of quaternary nitrogens is 1. The molecule has 78 valence electrons. The molecule has 0 radical (unpaired) electrons. The molecule has 0 N–H and O–H groups in total. The molecule has 0 amide bonds. The van der Waals surface area contributed by atoms with Crippen LogP contribution in [0.4, 0.5) is 0 Å². The molecule has 1 spiro atoms. The summed E-state index contributed by atoms with van der Waals surface area (Å²) < 4.78 is 1.47. The summed E-state index contributed by atoms with van der Waals surface area (Å²) in [6.45, 7) is 7.90. The van der Waals surface area contributed by atoms with Gasteiger partial charge in [0.05, 0.1) is 25.2 Å². The molecule has 0 aromatic rings. The van der Waals surface area contributed by atoms with Crippen molar-refractivity contribution in [3.63, 3.8) is 0 Å². The molecule has 2 aliphatic rings. The lowest BCUT2D eigenvalue weighted by Crippen LogP contribution is -3.00. The highest BCUT2D eigenvalue weighted by atomic mass is 79.9. The summed E-state index contributed by atoms with van der Waals surface area (Å²) in [5.74, 6) is 0. The second-order valence-corrected chi connectivity index (χ2v) is 4.89. The van der Waals surface area contributed by atoms with Gasteiger partial charge in [-0.3, -0.25) is 0 Å². The standard InChI is InChI=1S/C11H22N.BrH/c1-10-6-5-7-11(2)12(10)8-3-4-9-12;/h10-11H,3-9H2,1-2H3;1H/q+1;/p-1. The minimum Gasteiger partial charge on any atom is -1.00 e. The highest BCUT2D eigenvalue weighted by Crippen LogP contribution is 2.35. The third-order valence-corrected chi connectivity index (χ3v) is 4.40. The van der Waals surface area contributed by atoms with Crippen LogP contribution in [0.5, 0.6) is 0 Å². The van der Waals surface area contributed by atoms with Gasteiger partial charge in [-0.15, -0.1) is 0 Å². The van der Waals surface area contributed by atoms with E-state index in [1.54, 1.807) is 0 Å². The van der Waals surface area contributed by atoms with E-state index in [0.717, 1.165) is 12.1 Å². The number of hydrogen-bond donors (Lipinski definition) is 0. The lowest BCUT2D eigenvalue weighted by atomic mass is 9.94. The number of nitrogens with zero attached hydrogens (tertiary/aromatic N) is 1. The van der Waals surface area contributed by atoms with Gasteiger partial charge in [0.15, 0.2) is 0 Å². The van der Waals surface area contributed by atoms with Crippen molar-refractivity contribution in [2.75, 3.05) is 13.1 Å².